The van der Waals surface area contributed by atoms with Crippen molar-refractivity contribution in [2.24, 2.45) is 5.92 Å². The van der Waals surface area contributed by atoms with Crippen LogP contribution >= 0.6 is 0 Å². The topological polar surface area (TPSA) is 79.1 Å². The predicted molar refractivity (Wildman–Crippen MR) is 75.7 cm³/mol. The molecule has 0 unspecified atom stereocenters. The highest BCUT2D eigenvalue weighted by Gasteiger charge is 2.16. The Kier molecular flexibility index (Phi) is 3.91. The van der Waals surface area contributed by atoms with Gasteiger partial charge in [0, 0.05) is 13.1 Å². The van der Waals surface area contributed by atoms with Gasteiger partial charge in [0.05, 0.1) is 18.2 Å². The Bertz CT molecular complexity index is 597. The van der Waals surface area contributed by atoms with E-state index in [9.17, 15) is 0 Å². The van der Waals surface area contributed by atoms with E-state index in [0.29, 0.717) is 41.7 Å². The summed E-state index contributed by atoms with van der Waals surface area (Å²) >= 11 is 0. The molecule has 2 aromatic rings. The van der Waals surface area contributed by atoms with Gasteiger partial charge >= 0.3 is 0 Å². The van der Waals surface area contributed by atoms with Crippen molar-refractivity contribution in [1.82, 2.24) is 4.98 Å². The van der Waals surface area contributed by atoms with E-state index in [1.807, 2.05) is 17.0 Å². The summed E-state index contributed by atoms with van der Waals surface area (Å²) < 4.78 is 5.73. The fourth-order valence-electron chi connectivity index (χ4n) is 1.98. The summed E-state index contributed by atoms with van der Waals surface area (Å²) in [6.07, 6.45) is 0.445. The number of nitrogens with zero attached hydrogens (tertiary/aromatic N) is 3. The molecule has 0 aliphatic heterocycles. The van der Waals surface area contributed by atoms with Gasteiger partial charge < -0.3 is 15.1 Å². The minimum atomic E-state index is 0.445. The van der Waals surface area contributed by atoms with Crippen LogP contribution in [0.4, 0.5) is 11.7 Å². The van der Waals surface area contributed by atoms with Crippen LogP contribution in [0.2, 0.25) is 0 Å². The number of para-hydroxylation sites is 1. The molecule has 1 heterocycles. The minimum Gasteiger partial charge on any atom is -0.423 e. The summed E-state index contributed by atoms with van der Waals surface area (Å²) in [6, 6.07) is 8.18. The van der Waals surface area contributed by atoms with Crippen molar-refractivity contribution < 1.29 is 4.42 Å². The number of rotatable bonds is 5. The van der Waals surface area contributed by atoms with Gasteiger partial charge in [0.25, 0.3) is 6.01 Å². The van der Waals surface area contributed by atoms with E-state index < -0.39 is 0 Å². The molecule has 19 heavy (non-hydrogen) atoms. The van der Waals surface area contributed by atoms with Gasteiger partial charge in [-0.15, -0.1) is 0 Å². The summed E-state index contributed by atoms with van der Waals surface area (Å²) in [6.45, 7) is 5.66. The fourth-order valence-corrected chi connectivity index (χ4v) is 1.98. The number of nitrogens with two attached hydrogens (primary N) is 1. The van der Waals surface area contributed by atoms with E-state index in [1.165, 1.54) is 0 Å². The lowest BCUT2D eigenvalue weighted by Crippen LogP contribution is -2.28. The highest BCUT2D eigenvalue weighted by Crippen LogP contribution is 2.26. The number of benzene rings is 1. The van der Waals surface area contributed by atoms with Crippen molar-refractivity contribution in [3.05, 3.63) is 18.2 Å². The van der Waals surface area contributed by atoms with Gasteiger partial charge in [-0.2, -0.15) is 10.2 Å². The molecule has 0 bridgehead atoms. The Morgan fingerprint density at radius 2 is 2.26 bits per heavy atom. The van der Waals surface area contributed by atoms with Gasteiger partial charge in [-0.1, -0.05) is 19.9 Å². The van der Waals surface area contributed by atoms with Crippen LogP contribution in [0.5, 0.6) is 0 Å². The smallest absolute Gasteiger partial charge is 0.298 e. The fraction of sp³-hybridized carbons (Fsp3) is 0.429. The van der Waals surface area contributed by atoms with Crippen molar-refractivity contribution in [2.75, 3.05) is 23.7 Å². The summed E-state index contributed by atoms with van der Waals surface area (Å²) in [7, 11) is 0. The van der Waals surface area contributed by atoms with Crippen LogP contribution in [0.15, 0.2) is 22.6 Å². The second-order valence-electron chi connectivity index (χ2n) is 4.94. The number of hydrogen-bond acceptors (Lipinski definition) is 5. The highest BCUT2D eigenvalue weighted by atomic mass is 16.4. The van der Waals surface area contributed by atoms with Gasteiger partial charge in [0.1, 0.15) is 5.52 Å². The molecule has 0 spiro atoms. The molecule has 0 aliphatic rings. The lowest BCUT2D eigenvalue weighted by Gasteiger charge is -2.21. The van der Waals surface area contributed by atoms with Gasteiger partial charge in [0.15, 0.2) is 5.58 Å². The van der Waals surface area contributed by atoms with Crippen LogP contribution in [0, 0.1) is 17.2 Å². The van der Waals surface area contributed by atoms with E-state index in [-0.39, 0.29) is 0 Å². The quantitative estimate of drug-likeness (QED) is 0.834. The average Bonchev–Trinajstić information content (AvgIpc) is 2.79. The summed E-state index contributed by atoms with van der Waals surface area (Å²) in [5, 5.41) is 8.73. The molecule has 2 N–H and O–H groups in total. The molecule has 5 nitrogen and oxygen atoms in total. The monoisotopic (exact) mass is 258 g/mol. The van der Waals surface area contributed by atoms with Crippen LogP contribution in [0.1, 0.15) is 20.3 Å². The van der Waals surface area contributed by atoms with Crippen LogP contribution < -0.4 is 10.6 Å². The number of fused-ring (bicyclic) bond motifs is 1. The standard InChI is InChI=1S/C14H18N4O/c1-10(2)9-18(8-4-7-15)14-17-13-11(16)5-3-6-12(13)19-14/h3,5-6,10H,4,8-9,16H2,1-2H3. The third-order valence-electron chi connectivity index (χ3n) is 2.79. The van der Waals surface area contributed by atoms with Gasteiger partial charge in [0.2, 0.25) is 0 Å². The summed E-state index contributed by atoms with van der Waals surface area (Å²) in [5.74, 6) is 0.464. The Morgan fingerprint density at radius 3 is 2.89 bits per heavy atom. The van der Waals surface area contributed by atoms with Gasteiger partial charge in [-0.3, -0.25) is 0 Å². The molecule has 0 aliphatic carbocycles. The van der Waals surface area contributed by atoms with Crippen molar-refractivity contribution in [3.8, 4) is 6.07 Å². The Hall–Kier alpha value is -2.22. The lowest BCUT2D eigenvalue weighted by atomic mass is 10.2. The van der Waals surface area contributed by atoms with Crippen molar-refractivity contribution in [2.45, 2.75) is 20.3 Å². The second-order valence-corrected chi connectivity index (χ2v) is 4.94. The molecular weight excluding hydrogens is 240 g/mol. The number of nitriles is 1. The zero-order valence-electron chi connectivity index (χ0n) is 11.3. The molecule has 0 fully saturated rings. The number of oxazole rings is 1. The Morgan fingerprint density at radius 1 is 1.47 bits per heavy atom. The number of aromatic nitrogens is 1. The maximum absolute atomic E-state index is 8.73. The average molecular weight is 258 g/mol. The largest absolute Gasteiger partial charge is 0.423 e. The van der Waals surface area contributed by atoms with Crippen molar-refractivity contribution >= 4 is 22.8 Å². The maximum Gasteiger partial charge on any atom is 0.298 e. The van der Waals surface area contributed by atoms with E-state index in [2.05, 4.69) is 24.9 Å². The number of anilines is 2. The first-order valence-electron chi connectivity index (χ1n) is 6.38. The molecule has 5 heteroatoms. The third-order valence-corrected chi connectivity index (χ3v) is 2.79. The molecule has 0 radical (unpaired) electrons. The van der Waals surface area contributed by atoms with Crippen LogP contribution in [-0.4, -0.2) is 18.1 Å². The molecule has 0 atom stereocenters. The predicted octanol–water partition coefficient (Wildman–Crippen LogP) is 2.79. The van der Waals surface area contributed by atoms with Crippen molar-refractivity contribution in [1.29, 1.82) is 5.26 Å². The zero-order chi connectivity index (χ0) is 13.8. The molecule has 0 saturated carbocycles. The maximum atomic E-state index is 8.73. The third kappa shape index (κ3) is 2.97. The molecule has 2 rings (SSSR count). The zero-order valence-corrected chi connectivity index (χ0v) is 11.3. The number of hydrogen-bond donors (Lipinski definition) is 1. The van der Waals surface area contributed by atoms with Gasteiger partial charge in [-0.25, -0.2) is 0 Å². The molecular formula is C14H18N4O. The highest BCUT2D eigenvalue weighted by molar-refractivity contribution is 5.86. The Labute approximate surface area is 112 Å². The number of nitrogen functional groups attached to an aromatic ring is 1. The molecule has 0 saturated heterocycles. The van der Waals surface area contributed by atoms with Gasteiger partial charge in [-0.05, 0) is 18.1 Å². The van der Waals surface area contributed by atoms with E-state index in [1.54, 1.807) is 6.07 Å². The summed E-state index contributed by atoms with van der Waals surface area (Å²) in [4.78, 5) is 6.44. The SMILES string of the molecule is CC(C)CN(CCC#N)c1nc2c(N)cccc2o1. The van der Waals surface area contributed by atoms with Crippen molar-refractivity contribution in [3.63, 3.8) is 0 Å². The molecule has 100 valence electrons. The van der Waals surface area contributed by atoms with E-state index >= 15 is 0 Å². The molecule has 1 aromatic heterocycles. The first kappa shape index (κ1) is 13.2. The van der Waals surface area contributed by atoms with E-state index in [0.717, 1.165) is 6.54 Å². The van der Waals surface area contributed by atoms with Crippen LogP contribution in [0.25, 0.3) is 11.1 Å². The lowest BCUT2D eigenvalue weighted by molar-refractivity contribution is 0.530. The van der Waals surface area contributed by atoms with Crippen LogP contribution in [0.3, 0.4) is 0 Å². The minimum absolute atomic E-state index is 0.445. The van der Waals surface area contributed by atoms with E-state index in [4.69, 9.17) is 15.4 Å². The first-order chi connectivity index (χ1) is 9.11. The normalized spacial score (nSPS) is 10.8. The second kappa shape index (κ2) is 5.61. The summed E-state index contributed by atoms with van der Waals surface area (Å²) in [5.41, 5.74) is 7.85. The molecule has 0 amide bonds. The first-order valence-corrected chi connectivity index (χ1v) is 6.38. The Balaban J connectivity index is 2.33. The molecule has 1 aromatic carbocycles. The van der Waals surface area contributed by atoms with Crippen LogP contribution in [-0.2, 0) is 0 Å².